The van der Waals surface area contributed by atoms with Crippen LogP contribution in [0.25, 0.3) is 16.7 Å². The van der Waals surface area contributed by atoms with Crippen molar-refractivity contribution in [2.75, 3.05) is 5.01 Å². The summed E-state index contributed by atoms with van der Waals surface area (Å²) in [4.78, 5) is 34.6. The van der Waals surface area contributed by atoms with Crippen molar-refractivity contribution in [3.63, 3.8) is 0 Å². The van der Waals surface area contributed by atoms with Crippen molar-refractivity contribution < 1.29 is 4.79 Å². The van der Waals surface area contributed by atoms with E-state index in [1.165, 1.54) is 23.5 Å². The molecule has 0 atom stereocenters. The number of fused-ring (bicyclic) bond motifs is 2. The molecule has 2 aromatic carbocycles. The lowest BCUT2D eigenvalue weighted by molar-refractivity contribution is 0.0999. The highest BCUT2D eigenvalue weighted by molar-refractivity contribution is 5.96. The molecule has 8 nitrogen and oxygen atoms in total. The summed E-state index contributed by atoms with van der Waals surface area (Å²) >= 11 is 0. The van der Waals surface area contributed by atoms with Gasteiger partial charge >= 0.3 is 0 Å². The summed E-state index contributed by atoms with van der Waals surface area (Å²) in [5.74, 6) is -0.407. The molecule has 0 fully saturated rings. The molecule has 3 aromatic heterocycles. The fourth-order valence-corrected chi connectivity index (χ4v) is 4.66. The van der Waals surface area contributed by atoms with Crippen molar-refractivity contribution >= 4 is 28.6 Å². The predicted molar refractivity (Wildman–Crippen MR) is 134 cm³/mol. The lowest BCUT2D eigenvalue weighted by Crippen LogP contribution is -2.27. The molecule has 1 aliphatic carbocycles. The lowest BCUT2D eigenvalue weighted by Gasteiger charge is -2.24. The molecule has 2 N–H and O–H groups in total. The van der Waals surface area contributed by atoms with E-state index in [1.807, 2.05) is 70.6 Å². The van der Waals surface area contributed by atoms with E-state index in [0.29, 0.717) is 11.6 Å². The first-order valence-corrected chi connectivity index (χ1v) is 11.4. The minimum atomic E-state index is -0.783. The van der Waals surface area contributed by atoms with Gasteiger partial charge in [-0.25, -0.2) is 9.99 Å². The smallest absolute Gasteiger partial charge is 0.254 e. The highest BCUT2D eigenvalue weighted by Crippen LogP contribution is 2.28. The van der Waals surface area contributed by atoms with Crippen LogP contribution in [0.1, 0.15) is 27.9 Å². The summed E-state index contributed by atoms with van der Waals surface area (Å²) in [6.45, 7) is 0. The second-order valence-corrected chi connectivity index (χ2v) is 8.53. The van der Waals surface area contributed by atoms with E-state index in [1.54, 1.807) is 4.57 Å². The first kappa shape index (κ1) is 20.9. The molecule has 8 heteroatoms. The molecule has 1 amide bonds. The van der Waals surface area contributed by atoms with Crippen LogP contribution in [-0.2, 0) is 12.8 Å². The average Bonchev–Trinajstić information content (AvgIpc) is 3.57. The van der Waals surface area contributed by atoms with Gasteiger partial charge in [-0.15, -0.1) is 0 Å². The number of carbonyl (C=O) groups is 1. The van der Waals surface area contributed by atoms with Crippen molar-refractivity contribution in [3.05, 3.63) is 112 Å². The van der Waals surface area contributed by atoms with Crippen LogP contribution >= 0.6 is 0 Å². The van der Waals surface area contributed by atoms with Crippen LogP contribution in [-0.4, -0.2) is 25.1 Å². The molecule has 35 heavy (non-hydrogen) atoms. The fourth-order valence-electron chi connectivity index (χ4n) is 4.66. The maximum atomic E-state index is 13.1. The number of benzene rings is 2. The Morgan fingerprint density at radius 2 is 1.74 bits per heavy atom. The number of para-hydroxylation sites is 1. The molecule has 5 aromatic rings. The van der Waals surface area contributed by atoms with Crippen LogP contribution in [0.2, 0.25) is 0 Å². The van der Waals surface area contributed by atoms with Gasteiger partial charge in [0.15, 0.2) is 5.65 Å². The SMILES string of the molecule is NC(=O)c1cn(-c2ccc3c(c2)CCC3)c2nc(N(c3ccccc3)n3cccc3)ncc2c1=O. The van der Waals surface area contributed by atoms with Crippen LogP contribution < -0.4 is 16.2 Å². The Bertz CT molecular complexity index is 1620. The summed E-state index contributed by atoms with van der Waals surface area (Å²) in [5.41, 5.74) is 9.63. The third-order valence-corrected chi connectivity index (χ3v) is 6.37. The number of aryl methyl sites for hydroxylation is 2. The van der Waals surface area contributed by atoms with E-state index in [0.717, 1.165) is 30.6 Å². The summed E-state index contributed by atoms with van der Waals surface area (Å²) in [5, 5.41) is 2.07. The van der Waals surface area contributed by atoms with E-state index < -0.39 is 11.3 Å². The molecular formula is C27H22N6O2. The number of hydrogen-bond donors (Lipinski definition) is 1. The second-order valence-electron chi connectivity index (χ2n) is 8.53. The molecule has 172 valence electrons. The summed E-state index contributed by atoms with van der Waals surface area (Å²) in [6, 6.07) is 19.7. The maximum absolute atomic E-state index is 13.1. The van der Waals surface area contributed by atoms with Gasteiger partial charge in [-0.05, 0) is 66.8 Å². The third kappa shape index (κ3) is 3.56. The Balaban J connectivity index is 1.62. The van der Waals surface area contributed by atoms with Crippen LogP contribution in [0.5, 0.6) is 0 Å². The highest BCUT2D eigenvalue weighted by atomic mass is 16.2. The molecule has 0 saturated carbocycles. The molecule has 0 aliphatic heterocycles. The third-order valence-electron chi connectivity index (χ3n) is 6.37. The zero-order chi connectivity index (χ0) is 23.9. The number of amides is 1. The first-order chi connectivity index (χ1) is 17.1. The molecule has 0 radical (unpaired) electrons. The van der Waals surface area contributed by atoms with E-state index in [2.05, 4.69) is 17.1 Å². The van der Waals surface area contributed by atoms with Crippen LogP contribution in [0.3, 0.4) is 0 Å². The van der Waals surface area contributed by atoms with Crippen molar-refractivity contribution in [3.8, 4) is 5.69 Å². The number of carbonyl (C=O) groups excluding carboxylic acids is 1. The number of hydrogen-bond acceptors (Lipinski definition) is 5. The zero-order valence-corrected chi connectivity index (χ0v) is 18.8. The molecule has 6 rings (SSSR count). The number of rotatable bonds is 5. The van der Waals surface area contributed by atoms with Crippen LogP contribution in [0, 0.1) is 0 Å². The Hall–Kier alpha value is -4.72. The van der Waals surface area contributed by atoms with E-state index in [-0.39, 0.29) is 10.9 Å². The quantitative estimate of drug-likeness (QED) is 0.429. The molecule has 3 heterocycles. The van der Waals surface area contributed by atoms with E-state index in [4.69, 9.17) is 10.7 Å². The van der Waals surface area contributed by atoms with Gasteiger partial charge < -0.3 is 10.3 Å². The van der Waals surface area contributed by atoms with Gasteiger partial charge in [-0.3, -0.25) is 14.3 Å². The van der Waals surface area contributed by atoms with E-state index in [9.17, 15) is 9.59 Å². The number of nitrogens with zero attached hydrogens (tertiary/aromatic N) is 5. The summed E-state index contributed by atoms with van der Waals surface area (Å²) in [6.07, 6.45) is 9.92. The second kappa shape index (κ2) is 8.25. The Morgan fingerprint density at radius 1 is 0.971 bits per heavy atom. The number of primary amides is 1. The van der Waals surface area contributed by atoms with Gasteiger partial charge in [0.25, 0.3) is 11.9 Å². The first-order valence-electron chi connectivity index (χ1n) is 11.4. The van der Waals surface area contributed by atoms with Crippen molar-refractivity contribution in [1.29, 1.82) is 0 Å². The Kier molecular flexibility index (Phi) is 4.92. The Morgan fingerprint density at radius 3 is 2.51 bits per heavy atom. The monoisotopic (exact) mass is 462 g/mol. The van der Waals surface area contributed by atoms with Gasteiger partial charge in [-0.1, -0.05) is 24.3 Å². The minimum Gasteiger partial charge on any atom is -0.365 e. The summed E-state index contributed by atoms with van der Waals surface area (Å²) < 4.78 is 3.63. The van der Waals surface area contributed by atoms with Gasteiger partial charge in [0.05, 0.1) is 11.1 Å². The van der Waals surface area contributed by atoms with Gasteiger partial charge in [-0.2, -0.15) is 4.98 Å². The highest BCUT2D eigenvalue weighted by Gasteiger charge is 2.20. The Labute approximate surface area is 200 Å². The molecule has 0 bridgehead atoms. The molecule has 0 saturated heterocycles. The fraction of sp³-hybridized carbons (Fsp3) is 0.111. The number of aromatic nitrogens is 4. The number of pyridine rings is 1. The largest absolute Gasteiger partial charge is 0.365 e. The van der Waals surface area contributed by atoms with Gasteiger partial charge in [0.1, 0.15) is 5.56 Å². The van der Waals surface area contributed by atoms with Crippen molar-refractivity contribution in [2.45, 2.75) is 19.3 Å². The maximum Gasteiger partial charge on any atom is 0.254 e. The van der Waals surface area contributed by atoms with Gasteiger partial charge in [0.2, 0.25) is 5.43 Å². The van der Waals surface area contributed by atoms with Crippen molar-refractivity contribution in [1.82, 2.24) is 19.2 Å². The minimum absolute atomic E-state index is 0.0975. The lowest BCUT2D eigenvalue weighted by atomic mass is 10.1. The molecular weight excluding hydrogens is 440 g/mol. The number of nitrogens with two attached hydrogens (primary N) is 1. The van der Waals surface area contributed by atoms with Crippen LogP contribution in [0.4, 0.5) is 11.6 Å². The standard InChI is InChI=1S/C27H22N6O2/c28-25(35)23-17-32(21-12-11-18-7-6-8-19(18)15-21)26-22(24(23)34)16-29-27(30-26)33(31-13-4-5-14-31)20-9-2-1-3-10-20/h1-5,9-17H,6-8H2,(H2,28,35). The van der Waals surface area contributed by atoms with Crippen molar-refractivity contribution in [2.24, 2.45) is 5.73 Å². The molecule has 1 aliphatic rings. The average molecular weight is 463 g/mol. The van der Waals surface area contributed by atoms with E-state index >= 15 is 0 Å². The van der Waals surface area contributed by atoms with Crippen LogP contribution in [0.15, 0.2) is 90.2 Å². The van der Waals surface area contributed by atoms with Gasteiger partial charge in [0, 0.05) is 30.5 Å². The topological polar surface area (TPSA) is 99.0 Å². The molecule has 0 unspecified atom stereocenters. The number of anilines is 2. The normalized spacial score (nSPS) is 12.6. The molecule has 0 spiro atoms. The predicted octanol–water partition coefficient (Wildman–Crippen LogP) is 3.77. The summed E-state index contributed by atoms with van der Waals surface area (Å²) in [7, 11) is 0. The zero-order valence-electron chi connectivity index (χ0n) is 18.8.